The average Bonchev–Trinajstić information content (AvgIpc) is 2.56. The molecule has 0 spiro atoms. The number of rotatable bonds is 7. The highest BCUT2D eigenvalue weighted by Crippen LogP contribution is 2.25. The first-order chi connectivity index (χ1) is 11.5. The lowest BCUT2D eigenvalue weighted by atomic mass is 10.2. The van der Waals surface area contributed by atoms with Crippen molar-refractivity contribution in [3.05, 3.63) is 58.6 Å². The molecular weight excluding hydrogens is 326 g/mol. The van der Waals surface area contributed by atoms with Crippen molar-refractivity contribution in [3.8, 4) is 11.5 Å². The summed E-state index contributed by atoms with van der Waals surface area (Å²) in [6.07, 6.45) is 0. The van der Waals surface area contributed by atoms with Crippen LogP contribution in [0.25, 0.3) is 0 Å². The molecule has 4 nitrogen and oxygen atoms in total. The maximum Gasteiger partial charge on any atom is 0.251 e. The number of halogens is 1. The van der Waals surface area contributed by atoms with Gasteiger partial charge >= 0.3 is 0 Å². The van der Waals surface area contributed by atoms with Crippen molar-refractivity contribution >= 4 is 17.5 Å². The van der Waals surface area contributed by atoms with Crippen LogP contribution in [0, 0.1) is 6.92 Å². The Hall–Kier alpha value is -2.20. The van der Waals surface area contributed by atoms with E-state index in [1.165, 1.54) is 5.56 Å². The number of carbonyl (C=O) groups is 1. The molecule has 2 aromatic rings. The van der Waals surface area contributed by atoms with Gasteiger partial charge in [-0.3, -0.25) is 4.79 Å². The summed E-state index contributed by atoms with van der Waals surface area (Å²) in [5.74, 6) is 1.16. The zero-order chi connectivity index (χ0) is 17.5. The number of carbonyl (C=O) groups excluding carboxylic acids is 1. The summed E-state index contributed by atoms with van der Waals surface area (Å²) >= 11 is 6.11. The van der Waals surface area contributed by atoms with Crippen molar-refractivity contribution in [2.24, 2.45) is 0 Å². The molecule has 1 atom stereocenters. The van der Waals surface area contributed by atoms with E-state index in [0.717, 1.165) is 5.75 Å². The maximum atomic E-state index is 12.3. The van der Waals surface area contributed by atoms with Gasteiger partial charge < -0.3 is 14.8 Å². The van der Waals surface area contributed by atoms with Crippen LogP contribution in [-0.4, -0.2) is 25.2 Å². The number of aryl methyl sites for hydroxylation is 1. The molecule has 128 valence electrons. The van der Waals surface area contributed by atoms with Crippen molar-refractivity contribution < 1.29 is 14.3 Å². The van der Waals surface area contributed by atoms with E-state index < -0.39 is 0 Å². The molecule has 0 aliphatic carbocycles. The largest absolute Gasteiger partial charge is 0.492 e. The monoisotopic (exact) mass is 347 g/mol. The van der Waals surface area contributed by atoms with E-state index >= 15 is 0 Å². The van der Waals surface area contributed by atoms with Crippen molar-refractivity contribution in [2.45, 2.75) is 26.8 Å². The average molecular weight is 348 g/mol. The summed E-state index contributed by atoms with van der Waals surface area (Å²) in [6, 6.07) is 12.7. The highest BCUT2D eigenvalue weighted by Gasteiger charge is 2.12. The van der Waals surface area contributed by atoms with E-state index in [1.807, 2.05) is 45.0 Å². The minimum Gasteiger partial charge on any atom is -0.492 e. The molecule has 2 rings (SSSR count). The third kappa shape index (κ3) is 5.17. The smallest absolute Gasteiger partial charge is 0.251 e. The fraction of sp³-hybridized carbons (Fsp3) is 0.316. The molecule has 0 aliphatic heterocycles. The quantitative estimate of drug-likeness (QED) is 0.814. The van der Waals surface area contributed by atoms with Crippen LogP contribution < -0.4 is 14.8 Å². The van der Waals surface area contributed by atoms with Gasteiger partial charge in [-0.1, -0.05) is 29.3 Å². The van der Waals surface area contributed by atoms with Gasteiger partial charge in [-0.25, -0.2) is 0 Å². The van der Waals surface area contributed by atoms with Crippen LogP contribution in [0.15, 0.2) is 42.5 Å². The van der Waals surface area contributed by atoms with E-state index in [4.69, 9.17) is 21.1 Å². The number of hydrogen-bond acceptors (Lipinski definition) is 3. The summed E-state index contributed by atoms with van der Waals surface area (Å²) in [6.45, 7) is 6.71. The minimum atomic E-state index is -0.194. The Kier molecular flexibility index (Phi) is 6.50. The molecule has 5 heteroatoms. The van der Waals surface area contributed by atoms with Gasteiger partial charge in [-0.15, -0.1) is 0 Å². The molecule has 0 aliphatic rings. The molecule has 0 fully saturated rings. The third-order valence-electron chi connectivity index (χ3n) is 3.39. The van der Waals surface area contributed by atoms with Crippen molar-refractivity contribution in [2.75, 3.05) is 13.2 Å². The lowest BCUT2D eigenvalue weighted by molar-refractivity contribution is 0.0926. The van der Waals surface area contributed by atoms with E-state index in [1.54, 1.807) is 18.2 Å². The molecule has 1 N–H and O–H groups in total. The molecular formula is C19H22ClNO3. The maximum absolute atomic E-state index is 12.3. The number of ether oxygens (including phenoxy) is 2. The normalized spacial score (nSPS) is 11.7. The van der Waals surface area contributed by atoms with Gasteiger partial charge in [0.15, 0.2) is 0 Å². The van der Waals surface area contributed by atoms with Gasteiger partial charge in [-0.2, -0.15) is 0 Å². The Morgan fingerprint density at radius 3 is 2.50 bits per heavy atom. The molecule has 1 unspecified atom stereocenters. The van der Waals surface area contributed by atoms with Gasteiger partial charge in [0.1, 0.15) is 18.1 Å². The lowest BCUT2D eigenvalue weighted by Gasteiger charge is -2.15. The number of benzene rings is 2. The van der Waals surface area contributed by atoms with Crippen molar-refractivity contribution in [1.29, 1.82) is 0 Å². The summed E-state index contributed by atoms with van der Waals surface area (Å²) in [7, 11) is 0. The molecule has 0 saturated carbocycles. The Bertz CT molecular complexity index is 686. The Balaban J connectivity index is 1.89. The topological polar surface area (TPSA) is 47.6 Å². The predicted molar refractivity (Wildman–Crippen MR) is 96.2 cm³/mol. The zero-order valence-electron chi connectivity index (χ0n) is 14.1. The number of hydrogen-bond donors (Lipinski definition) is 1. The van der Waals surface area contributed by atoms with E-state index in [-0.39, 0.29) is 11.9 Å². The fourth-order valence-corrected chi connectivity index (χ4v) is 2.35. The van der Waals surface area contributed by atoms with Gasteiger partial charge in [0.25, 0.3) is 5.91 Å². The molecule has 2 aromatic carbocycles. The number of amides is 1. The van der Waals surface area contributed by atoms with Crippen molar-refractivity contribution in [1.82, 2.24) is 5.32 Å². The Morgan fingerprint density at radius 1 is 1.17 bits per heavy atom. The second kappa shape index (κ2) is 8.60. The molecule has 1 amide bonds. The molecule has 0 radical (unpaired) electrons. The Morgan fingerprint density at radius 2 is 1.88 bits per heavy atom. The van der Waals surface area contributed by atoms with Crippen LogP contribution in [-0.2, 0) is 0 Å². The molecule has 0 bridgehead atoms. The van der Waals surface area contributed by atoms with Crippen LogP contribution in [0.2, 0.25) is 5.02 Å². The minimum absolute atomic E-state index is 0.135. The fourth-order valence-electron chi connectivity index (χ4n) is 2.12. The summed E-state index contributed by atoms with van der Waals surface area (Å²) < 4.78 is 11.0. The van der Waals surface area contributed by atoms with Crippen LogP contribution in [0.1, 0.15) is 29.8 Å². The van der Waals surface area contributed by atoms with Crippen LogP contribution in [0.3, 0.4) is 0 Å². The van der Waals surface area contributed by atoms with Gasteiger partial charge in [0, 0.05) is 5.56 Å². The van der Waals surface area contributed by atoms with Crippen LogP contribution in [0.4, 0.5) is 0 Å². The SMILES string of the molecule is CCOc1ccc(C(=O)NC(C)COc2ccc(C)cc2)cc1Cl. The van der Waals surface area contributed by atoms with Gasteiger partial charge in [0.05, 0.1) is 17.7 Å². The number of nitrogens with one attached hydrogen (secondary N) is 1. The first-order valence-electron chi connectivity index (χ1n) is 7.92. The van der Waals surface area contributed by atoms with E-state index in [9.17, 15) is 4.79 Å². The second-order valence-electron chi connectivity index (χ2n) is 5.58. The lowest BCUT2D eigenvalue weighted by Crippen LogP contribution is -2.36. The molecule has 24 heavy (non-hydrogen) atoms. The summed E-state index contributed by atoms with van der Waals surface area (Å²) in [4.78, 5) is 12.3. The predicted octanol–water partition coefficient (Wildman–Crippen LogP) is 4.24. The standard InChI is InChI=1S/C19H22ClNO3/c1-4-23-18-10-7-15(11-17(18)20)19(22)21-14(3)12-24-16-8-5-13(2)6-9-16/h5-11,14H,4,12H2,1-3H3,(H,21,22). The molecule has 0 heterocycles. The van der Waals surface area contributed by atoms with Crippen LogP contribution in [0.5, 0.6) is 11.5 Å². The van der Waals surface area contributed by atoms with Gasteiger partial charge in [-0.05, 0) is 51.1 Å². The Labute approximate surface area is 147 Å². The molecule has 0 aromatic heterocycles. The summed E-state index contributed by atoms with van der Waals surface area (Å²) in [5.41, 5.74) is 1.67. The highest BCUT2D eigenvalue weighted by atomic mass is 35.5. The first-order valence-corrected chi connectivity index (χ1v) is 8.30. The van der Waals surface area contributed by atoms with E-state index in [2.05, 4.69) is 5.32 Å². The molecule has 0 saturated heterocycles. The first kappa shape index (κ1) is 18.1. The van der Waals surface area contributed by atoms with Gasteiger partial charge in [0.2, 0.25) is 0 Å². The zero-order valence-corrected chi connectivity index (χ0v) is 14.9. The summed E-state index contributed by atoms with van der Waals surface area (Å²) in [5, 5.41) is 3.32. The van der Waals surface area contributed by atoms with Crippen LogP contribution >= 0.6 is 11.6 Å². The third-order valence-corrected chi connectivity index (χ3v) is 3.69. The van der Waals surface area contributed by atoms with Crippen molar-refractivity contribution in [3.63, 3.8) is 0 Å². The highest BCUT2D eigenvalue weighted by molar-refractivity contribution is 6.32. The second-order valence-corrected chi connectivity index (χ2v) is 5.98. The van der Waals surface area contributed by atoms with E-state index in [0.29, 0.717) is 29.5 Å².